The van der Waals surface area contributed by atoms with Gasteiger partial charge in [-0.2, -0.15) is 0 Å². The largest absolute Gasteiger partial charge is 0.461 e. The van der Waals surface area contributed by atoms with Crippen molar-refractivity contribution in [2.24, 2.45) is 0 Å². The molecule has 0 aliphatic heterocycles. The van der Waals surface area contributed by atoms with Gasteiger partial charge in [-0.25, -0.2) is 9.78 Å². The number of esters is 1. The van der Waals surface area contributed by atoms with Gasteiger partial charge < -0.3 is 15.0 Å². The molecule has 0 aliphatic carbocycles. The first-order valence-electron chi connectivity index (χ1n) is 6.15. The van der Waals surface area contributed by atoms with E-state index in [0.717, 1.165) is 5.56 Å². The molecule has 0 fully saturated rings. The summed E-state index contributed by atoms with van der Waals surface area (Å²) < 4.78 is 6.65. The fraction of sp³-hybridized carbons (Fsp3) is 0.286. The van der Waals surface area contributed by atoms with Gasteiger partial charge in [-0.3, -0.25) is 0 Å². The molecule has 0 saturated carbocycles. The molecule has 19 heavy (non-hydrogen) atoms. The van der Waals surface area contributed by atoms with Gasteiger partial charge in [-0.1, -0.05) is 24.3 Å². The van der Waals surface area contributed by atoms with Crippen LogP contribution in [0.5, 0.6) is 0 Å². The van der Waals surface area contributed by atoms with E-state index in [1.54, 1.807) is 17.8 Å². The topological polar surface area (TPSA) is 70.1 Å². The molecule has 0 bridgehead atoms. The molecule has 1 aromatic heterocycles. The lowest BCUT2D eigenvalue weighted by Crippen LogP contribution is -2.10. The number of nitrogens with zero attached hydrogens (tertiary/aromatic N) is 2. The van der Waals surface area contributed by atoms with Crippen molar-refractivity contribution in [2.45, 2.75) is 20.4 Å². The quantitative estimate of drug-likeness (QED) is 0.852. The first-order chi connectivity index (χ1) is 9.13. The number of nitrogen functional groups attached to an aromatic ring is 1. The molecule has 0 spiro atoms. The van der Waals surface area contributed by atoms with Gasteiger partial charge in [0.05, 0.1) is 19.5 Å². The summed E-state index contributed by atoms with van der Waals surface area (Å²) in [5.41, 5.74) is 8.42. The van der Waals surface area contributed by atoms with Crippen LogP contribution in [-0.4, -0.2) is 22.1 Å². The lowest BCUT2D eigenvalue weighted by Gasteiger charge is -2.08. The minimum atomic E-state index is -0.483. The van der Waals surface area contributed by atoms with Gasteiger partial charge in [0, 0.05) is 0 Å². The summed E-state index contributed by atoms with van der Waals surface area (Å²) in [7, 11) is 0. The normalized spacial score (nSPS) is 10.4. The highest BCUT2D eigenvalue weighted by Crippen LogP contribution is 2.15. The number of aromatic nitrogens is 2. The fourth-order valence-electron chi connectivity index (χ4n) is 1.85. The van der Waals surface area contributed by atoms with Gasteiger partial charge in [-0.05, 0) is 25.0 Å². The van der Waals surface area contributed by atoms with Crippen LogP contribution in [0.15, 0.2) is 30.6 Å². The molecule has 2 rings (SSSR count). The summed E-state index contributed by atoms with van der Waals surface area (Å²) in [4.78, 5) is 15.6. The SMILES string of the molecule is CCOC(=O)c1ncn(Cc2ccccc2C)c1N. The lowest BCUT2D eigenvalue weighted by atomic mass is 10.1. The van der Waals surface area contributed by atoms with E-state index in [2.05, 4.69) is 4.98 Å². The van der Waals surface area contributed by atoms with Crippen LogP contribution in [0.1, 0.15) is 28.5 Å². The second kappa shape index (κ2) is 5.56. The Morgan fingerprint density at radius 2 is 2.16 bits per heavy atom. The number of carbonyl (C=O) groups excluding carboxylic acids is 1. The Labute approximate surface area is 112 Å². The maximum atomic E-state index is 11.6. The molecule has 5 heteroatoms. The summed E-state index contributed by atoms with van der Waals surface area (Å²) in [6, 6.07) is 8.02. The van der Waals surface area contributed by atoms with Crippen molar-refractivity contribution >= 4 is 11.8 Å². The number of anilines is 1. The predicted molar refractivity (Wildman–Crippen MR) is 72.9 cm³/mol. The molecule has 0 saturated heterocycles. The maximum Gasteiger partial charge on any atom is 0.360 e. The maximum absolute atomic E-state index is 11.6. The van der Waals surface area contributed by atoms with Crippen LogP contribution in [0, 0.1) is 6.92 Å². The number of imidazole rings is 1. The summed E-state index contributed by atoms with van der Waals surface area (Å²) >= 11 is 0. The number of ether oxygens (including phenoxy) is 1. The van der Waals surface area contributed by atoms with E-state index in [-0.39, 0.29) is 5.69 Å². The molecule has 0 amide bonds. The first kappa shape index (κ1) is 13.1. The monoisotopic (exact) mass is 259 g/mol. The van der Waals surface area contributed by atoms with E-state index in [0.29, 0.717) is 19.0 Å². The third kappa shape index (κ3) is 2.76. The third-order valence-corrected chi connectivity index (χ3v) is 2.95. The molecule has 5 nitrogen and oxygen atoms in total. The van der Waals surface area contributed by atoms with Crippen LogP contribution < -0.4 is 5.73 Å². The number of nitrogens with two attached hydrogens (primary N) is 1. The Bertz CT molecular complexity index is 590. The highest BCUT2D eigenvalue weighted by Gasteiger charge is 2.16. The first-order valence-corrected chi connectivity index (χ1v) is 6.15. The molecule has 0 unspecified atom stereocenters. The van der Waals surface area contributed by atoms with Crippen molar-refractivity contribution in [2.75, 3.05) is 12.3 Å². The second-order valence-corrected chi connectivity index (χ2v) is 4.25. The Hall–Kier alpha value is -2.30. The fourth-order valence-corrected chi connectivity index (χ4v) is 1.85. The smallest absolute Gasteiger partial charge is 0.360 e. The molecule has 0 radical (unpaired) electrons. The van der Waals surface area contributed by atoms with Gasteiger partial charge in [0.1, 0.15) is 5.82 Å². The molecule has 0 aliphatic rings. The summed E-state index contributed by atoms with van der Waals surface area (Å²) in [6.45, 7) is 4.68. The molecular weight excluding hydrogens is 242 g/mol. The highest BCUT2D eigenvalue weighted by atomic mass is 16.5. The van der Waals surface area contributed by atoms with Crippen LogP contribution in [0.3, 0.4) is 0 Å². The van der Waals surface area contributed by atoms with Crippen LogP contribution in [-0.2, 0) is 11.3 Å². The third-order valence-electron chi connectivity index (χ3n) is 2.95. The van der Waals surface area contributed by atoms with Crippen molar-refractivity contribution in [3.63, 3.8) is 0 Å². The standard InChI is InChI=1S/C14H17N3O2/c1-3-19-14(18)12-13(15)17(9-16-12)8-11-7-5-4-6-10(11)2/h4-7,9H,3,8,15H2,1-2H3. The predicted octanol–water partition coefficient (Wildman–Crippen LogP) is 2.00. The zero-order valence-corrected chi connectivity index (χ0v) is 11.1. The molecule has 2 N–H and O–H groups in total. The number of aryl methyl sites for hydroxylation is 1. The van der Waals surface area contributed by atoms with Crippen LogP contribution in [0.4, 0.5) is 5.82 Å². The molecule has 1 aromatic carbocycles. The highest BCUT2D eigenvalue weighted by molar-refractivity contribution is 5.92. The number of benzene rings is 1. The average Bonchev–Trinajstić information content (AvgIpc) is 2.74. The number of hydrogen-bond donors (Lipinski definition) is 1. The Balaban J connectivity index is 2.23. The molecular formula is C14H17N3O2. The molecule has 100 valence electrons. The summed E-state index contributed by atoms with van der Waals surface area (Å²) in [6.07, 6.45) is 1.56. The average molecular weight is 259 g/mol. The summed E-state index contributed by atoms with van der Waals surface area (Å²) in [5, 5.41) is 0. The van der Waals surface area contributed by atoms with Gasteiger partial charge in [0.15, 0.2) is 5.69 Å². The minimum absolute atomic E-state index is 0.176. The van der Waals surface area contributed by atoms with Crippen LogP contribution in [0.25, 0.3) is 0 Å². The number of rotatable bonds is 4. The second-order valence-electron chi connectivity index (χ2n) is 4.25. The van der Waals surface area contributed by atoms with E-state index in [1.165, 1.54) is 5.56 Å². The Morgan fingerprint density at radius 3 is 2.84 bits per heavy atom. The van der Waals surface area contributed by atoms with E-state index in [9.17, 15) is 4.79 Å². The zero-order chi connectivity index (χ0) is 13.8. The molecule has 2 aromatic rings. The molecule has 0 atom stereocenters. The number of carbonyl (C=O) groups is 1. The van der Waals surface area contributed by atoms with Gasteiger partial charge >= 0.3 is 5.97 Å². The van der Waals surface area contributed by atoms with E-state index in [1.807, 2.05) is 31.2 Å². The van der Waals surface area contributed by atoms with Crippen LogP contribution >= 0.6 is 0 Å². The van der Waals surface area contributed by atoms with Crippen molar-refractivity contribution < 1.29 is 9.53 Å². The van der Waals surface area contributed by atoms with Crippen molar-refractivity contribution in [1.29, 1.82) is 0 Å². The zero-order valence-electron chi connectivity index (χ0n) is 11.1. The van der Waals surface area contributed by atoms with E-state index >= 15 is 0 Å². The number of hydrogen-bond acceptors (Lipinski definition) is 4. The molecule has 1 heterocycles. The Morgan fingerprint density at radius 1 is 1.42 bits per heavy atom. The van der Waals surface area contributed by atoms with Crippen molar-refractivity contribution in [3.8, 4) is 0 Å². The van der Waals surface area contributed by atoms with E-state index < -0.39 is 5.97 Å². The van der Waals surface area contributed by atoms with Gasteiger partial charge in [0.2, 0.25) is 0 Å². The summed E-state index contributed by atoms with van der Waals surface area (Å²) in [5.74, 6) is -0.148. The van der Waals surface area contributed by atoms with Gasteiger partial charge in [-0.15, -0.1) is 0 Å². The minimum Gasteiger partial charge on any atom is -0.461 e. The van der Waals surface area contributed by atoms with Crippen molar-refractivity contribution in [1.82, 2.24) is 9.55 Å². The Kier molecular flexibility index (Phi) is 3.85. The van der Waals surface area contributed by atoms with Gasteiger partial charge in [0.25, 0.3) is 0 Å². The van der Waals surface area contributed by atoms with Crippen LogP contribution in [0.2, 0.25) is 0 Å². The van der Waals surface area contributed by atoms with Crippen molar-refractivity contribution in [3.05, 3.63) is 47.4 Å². The van der Waals surface area contributed by atoms with E-state index in [4.69, 9.17) is 10.5 Å². The lowest BCUT2D eigenvalue weighted by molar-refractivity contribution is 0.0521.